The van der Waals surface area contributed by atoms with E-state index in [-0.39, 0.29) is 39.2 Å². The number of non-ortho nitro benzene ring substituents is 1. The first-order valence-electron chi connectivity index (χ1n) is 10.4. The standard InChI is InChI=1S/C24H16N3O4.C2H3N.BrH/c28-23-19-10-4-9-18-21(27(30)31)12-11-20(22(18)19)24(29)26(23)17-8-5-13-25(15-17)14-16-6-2-1-3-7-16;1-2-3;/h1-13,15H,14H2;1H3;1H/q+1;;/p-1. The summed E-state index contributed by atoms with van der Waals surface area (Å²) in [6.45, 7) is 2.02. The molecule has 1 aromatic heterocycles. The Bertz CT molecular complexity index is 1460. The Morgan fingerprint density at radius 1 is 0.943 bits per heavy atom. The van der Waals surface area contributed by atoms with E-state index in [0.717, 1.165) is 10.5 Å². The molecular formula is C26H19BrN4O4. The third-order valence-electron chi connectivity index (χ3n) is 5.39. The number of aromatic nitrogens is 1. The van der Waals surface area contributed by atoms with E-state index in [2.05, 4.69) is 0 Å². The van der Waals surface area contributed by atoms with Crippen LogP contribution in [0.15, 0.2) is 85.2 Å². The number of amides is 2. The molecule has 2 amide bonds. The maximum absolute atomic E-state index is 13.3. The van der Waals surface area contributed by atoms with Gasteiger partial charge in [0.2, 0.25) is 0 Å². The summed E-state index contributed by atoms with van der Waals surface area (Å²) < 4.78 is 1.90. The van der Waals surface area contributed by atoms with Crippen LogP contribution in [0.5, 0.6) is 0 Å². The second-order valence-corrected chi connectivity index (χ2v) is 7.51. The van der Waals surface area contributed by atoms with Gasteiger partial charge in [0.1, 0.15) is 5.69 Å². The molecule has 0 atom stereocenters. The van der Waals surface area contributed by atoms with Crippen molar-refractivity contribution in [2.45, 2.75) is 13.5 Å². The van der Waals surface area contributed by atoms with Gasteiger partial charge in [-0.25, -0.2) is 4.90 Å². The number of imide groups is 1. The average Bonchev–Trinajstić information content (AvgIpc) is 2.83. The smallest absolute Gasteiger partial charge is 0.277 e. The summed E-state index contributed by atoms with van der Waals surface area (Å²) in [5, 5.41) is 19.3. The molecule has 0 saturated heterocycles. The Balaban J connectivity index is 0.000000815. The number of nitrogens with zero attached hydrogens (tertiary/aromatic N) is 4. The average molecular weight is 531 g/mol. The van der Waals surface area contributed by atoms with Crippen molar-refractivity contribution in [2.24, 2.45) is 0 Å². The maximum atomic E-state index is 13.3. The Labute approximate surface area is 211 Å². The van der Waals surface area contributed by atoms with E-state index in [0.29, 0.717) is 17.6 Å². The van der Waals surface area contributed by atoms with E-state index in [1.807, 2.05) is 41.1 Å². The number of benzene rings is 3. The summed E-state index contributed by atoms with van der Waals surface area (Å²) in [7, 11) is 0. The lowest BCUT2D eigenvalue weighted by Crippen LogP contribution is -3.00. The molecule has 174 valence electrons. The largest absolute Gasteiger partial charge is 1.00 e. The highest BCUT2D eigenvalue weighted by atomic mass is 79.9. The van der Waals surface area contributed by atoms with Crippen LogP contribution in [-0.4, -0.2) is 16.7 Å². The van der Waals surface area contributed by atoms with Crippen LogP contribution < -0.4 is 26.4 Å². The molecular weight excluding hydrogens is 512 g/mol. The van der Waals surface area contributed by atoms with Gasteiger partial charge >= 0.3 is 0 Å². The van der Waals surface area contributed by atoms with Crippen molar-refractivity contribution in [1.82, 2.24) is 0 Å². The van der Waals surface area contributed by atoms with Crippen molar-refractivity contribution < 1.29 is 36.1 Å². The minimum atomic E-state index is -0.506. The van der Waals surface area contributed by atoms with Gasteiger partial charge in [0.25, 0.3) is 17.5 Å². The fourth-order valence-corrected chi connectivity index (χ4v) is 4.01. The normalized spacial score (nSPS) is 11.7. The Morgan fingerprint density at radius 3 is 2.26 bits per heavy atom. The summed E-state index contributed by atoms with van der Waals surface area (Å²) in [4.78, 5) is 38.6. The number of hydrogen-bond donors (Lipinski definition) is 0. The van der Waals surface area contributed by atoms with Crippen LogP contribution in [0.3, 0.4) is 0 Å². The summed E-state index contributed by atoms with van der Waals surface area (Å²) in [6.07, 6.45) is 3.62. The number of rotatable bonds is 4. The van der Waals surface area contributed by atoms with Crippen LogP contribution in [0.4, 0.5) is 11.4 Å². The molecule has 0 saturated carbocycles. The number of anilines is 1. The van der Waals surface area contributed by atoms with Crippen LogP contribution in [0.25, 0.3) is 10.8 Å². The molecule has 0 aliphatic carbocycles. The highest BCUT2D eigenvalue weighted by Crippen LogP contribution is 2.36. The second-order valence-electron chi connectivity index (χ2n) is 7.51. The van der Waals surface area contributed by atoms with Gasteiger partial charge in [0.05, 0.1) is 16.4 Å². The van der Waals surface area contributed by atoms with Crippen LogP contribution >= 0.6 is 0 Å². The number of carbonyl (C=O) groups excluding carboxylic acids is 2. The molecule has 3 aromatic carbocycles. The predicted octanol–water partition coefficient (Wildman–Crippen LogP) is 1.42. The molecule has 5 rings (SSSR count). The lowest BCUT2D eigenvalue weighted by molar-refractivity contribution is -0.687. The zero-order valence-electron chi connectivity index (χ0n) is 18.6. The molecule has 0 spiro atoms. The zero-order chi connectivity index (χ0) is 24.2. The lowest BCUT2D eigenvalue weighted by atomic mass is 9.93. The zero-order valence-corrected chi connectivity index (χ0v) is 20.2. The fraction of sp³-hybridized carbons (Fsp3) is 0.0769. The Kier molecular flexibility index (Phi) is 7.69. The lowest BCUT2D eigenvalue weighted by Gasteiger charge is -2.26. The Morgan fingerprint density at radius 2 is 1.60 bits per heavy atom. The summed E-state index contributed by atoms with van der Waals surface area (Å²) in [5.74, 6) is -0.998. The van der Waals surface area contributed by atoms with Crippen molar-refractivity contribution in [1.29, 1.82) is 5.26 Å². The van der Waals surface area contributed by atoms with Crippen molar-refractivity contribution in [2.75, 3.05) is 4.90 Å². The first-order valence-corrected chi connectivity index (χ1v) is 10.4. The Hall–Kier alpha value is -4.42. The number of carbonyl (C=O) groups is 2. The fourth-order valence-electron chi connectivity index (χ4n) is 4.01. The topological polar surface area (TPSA) is 108 Å². The van der Waals surface area contributed by atoms with E-state index in [4.69, 9.17) is 5.26 Å². The van der Waals surface area contributed by atoms with Crippen LogP contribution in [-0.2, 0) is 6.54 Å². The minimum Gasteiger partial charge on any atom is -1.00 e. The van der Waals surface area contributed by atoms with Gasteiger partial charge in [0.15, 0.2) is 18.9 Å². The molecule has 0 N–H and O–H groups in total. The molecule has 0 bridgehead atoms. The minimum absolute atomic E-state index is 0. The van der Waals surface area contributed by atoms with Crippen molar-refractivity contribution in [3.8, 4) is 6.07 Å². The molecule has 9 heteroatoms. The van der Waals surface area contributed by atoms with Gasteiger partial charge in [-0.3, -0.25) is 19.7 Å². The monoisotopic (exact) mass is 530 g/mol. The van der Waals surface area contributed by atoms with Gasteiger partial charge in [0, 0.05) is 41.1 Å². The second kappa shape index (κ2) is 10.7. The van der Waals surface area contributed by atoms with Gasteiger partial charge < -0.3 is 17.0 Å². The van der Waals surface area contributed by atoms with Crippen LogP contribution in [0, 0.1) is 21.4 Å². The summed E-state index contributed by atoms with van der Waals surface area (Å²) in [5.41, 5.74) is 1.94. The molecule has 1 aliphatic rings. The van der Waals surface area contributed by atoms with Gasteiger partial charge in [-0.2, -0.15) is 9.83 Å². The number of pyridine rings is 1. The SMILES string of the molecule is CC#N.O=C1c2cccc3c([N+](=O)[O-])ccc(c23)C(=O)N1c1ccc[n+](Cc2ccccc2)c1.[Br-]. The molecule has 2 heterocycles. The molecule has 0 fully saturated rings. The third-order valence-corrected chi connectivity index (χ3v) is 5.39. The number of hydrogen-bond acceptors (Lipinski definition) is 5. The molecule has 0 radical (unpaired) electrons. The van der Waals surface area contributed by atoms with Gasteiger partial charge in [-0.15, -0.1) is 0 Å². The highest BCUT2D eigenvalue weighted by Gasteiger charge is 2.36. The quantitative estimate of drug-likeness (QED) is 0.171. The molecule has 4 aromatic rings. The predicted molar refractivity (Wildman–Crippen MR) is 125 cm³/mol. The van der Waals surface area contributed by atoms with E-state index < -0.39 is 16.7 Å². The molecule has 8 nitrogen and oxygen atoms in total. The first-order chi connectivity index (χ1) is 16.5. The number of nitro benzene ring substituents is 1. The van der Waals surface area contributed by atoms with E-state index >= 15 is 0 Å². The maximum Gasteiger partial charge on any atom is 0.277 e. The number of nitriles is 1. The summed E-state index contributed by atoms with van der Waals surface area (Å²) in [6, 6.07) is 22.6. The van der Waals surface area contributed by atoms with Crippen LogP contribution in [0.2, 0.25) is 0 Å². The van der Waals surface area contributed by atoms with E-state index in [1.165, 1.54) is 19.1 Å². The number of halogens is 1. The van der Waals surface area contributed by atoms with E-state index in [9.17, 15) is 19.7 Å². The van der Waals surface area contributed by atoms with Crippen molar-refractivity contribution in [3.05, 3.63) is 112 Å². The van der Waals surface area contributed by atoms with Gasteiger partial charge in [-0.1, -0.05) is 36.4 Å². The molecule has 35 heavy (non-hydrogen) atoms. The van der Waals surface area contributed by atoms with E-state index in [1.54, 1.807) is 42.6 Å². The highest BCUT2D eigenvalue weighted by molar-refractivity contribution is 6.36. The molecule has 1 aliphatic heterocycles. The third kappa shape index (κ3) is 4.78. The molecule has 0 unspecified atom stereocenters. The van der Waals surface area contributed by atoms with Crippen molar-refractivity contribution >= 4 is 34.0 Å². The van der Waals surface area contributed by atoms with Gasteiger partial charge in [-0.05, 0) is 24.3 Å². The van der Waals surface area contributed by atoms with Crippen LogP contribution in [0.1, 0.15) is 33.2 Å². The van der Waals surface area contributed by atoms with Crippen molar-refractivity contribution in [3.63, 3.8) is 0 Å². The first kappa shape index (κ1) is 25.2. The number of nitro groups is 1. The summed E-state index contributed by atoms with van der Waals surface area (Å²) >= 11 is 0.